The van der Waals surface area contributed by atoms with Crippen LogP contribution in [0.1, 0.15) is 29.0 Å². The molecule has 6 aromatic rings. The molecule has 0 amide bonds. The molecule has 0 aliphatic carbocycles. The van der Waals surface area contributed by atoms with E-state index < -0.39 is 5.92 Å². The van der Waals surface area contributed by atoms with Gasteiger partial charge >= 0.3 is 0 Å². The van der Waals surface area contributed by atoms with Gasteiger partial charge in [-0.3, -0.25) is 10.2 Å². The third-order valence-corrected chi connectivity index (χ3v) is 8.77. The highest BCUT2D eigenvalue weighted by Gasteiger charge is 2.26. The molecule has 0 aliphatic rings. The SMILES string of the molecule is O=c1c([C@H](CC(=NNc2ccccc2)c2ccc(-c3ccc(Br)cc3)cc2)c2ccccc2)c(O)sc2ccccc12. The lowest BCUT2D eigenvalue weighted by Crippen LogP contribution is -2.18. The highest BCUT2D eigenvalue weighted by atomic mass is 79.9. The number of fused-ring (bicyclic) bond motifs is 1. The molecule has 1 aromatic heterocycles. The molecule has 0 aliphatic heterocycles. The maximum atomic E-state index is 13.9. The summed E-state index contributed by atoms with van der Waals surface area (Å²) in [6.07, 6.45) is 0.398. The normalized spacial score (nSPS) is 12.3. The van der Waals surface area contributed by atoms with Gasteiger partial charge in [-0.1, -0.05) is 124 Å². The van der Waals surface area contributed by atoms with Crippen LogP contribution in [0.5, 0.6) is 5.06 Å². The van der Waals surface area contributed by atoms with E-state index in [9.17, 15) is 9.90 Å². The van der Waals surface area contributed by atoms with Crippen molar-refractivity contribution < 1.29 is 5.11 Å². The Bertz CT molecular complexity index is 1900. The molecule has 0 spiro atoms. The van der Waals surface area contributed by atoms with E-state index in [1.54, 1.807) is 0 Å². The largest absolute Gasteiger partial charge is 0.499 e. The van der Waals surface area contributed by atoms with Crippen molar-refractivity contribution in [1.82, 2.24) is 0 Å². The van der Waals surface area contributed by atoms with Crippen molar-refractivity contribution in [1.29, 1.82) is 0 Å². The minimum Gasteiger partial charge on any atom is -0.499 e. The molecule has 0 bridgehead atoms. The van der Waals surface area contributed by atoms with E-state index in [1.807, 2.05) is 97.1 Å². The van der Waals surface area contributed by atoms with Crippen LogP contribution in [0.25, 0.3) is 21.2 Å². The molecule has 5 aromatic carbocycles. The number of hydrazone groups is 1. The highest BCUT2D eigenvalue weighted by molar-refractivity contribution is 9.10. The molecule has 0 saturated carbocycles. The second-order valence-electron chi connectivity index (χ2n) is 9.93. The van der Waals surface area contributed by atoms with Crippen LogP contribution in [-0.2, 0) is 0 Å². The van der Waals surface area contributed by atoms with Crippen molar-refractivity contribution in [3.8, 4) is 16.2 Å². The first-order valence-corrected chi connectivity index (χ1v) is 15.2. The fourth-order valence-electron chi connectivity index (χ4n) is 5.09. The summed E-state index contributed by atoms with van der Waals surface area (Å²) < 4.78 is 1.80. The first-order valence-electron chi connectivity index (χ1n) is 13.6. The second kappa shape index (κ2) is 12.6. The summed E-state index contributed by atoms with van der Waals surface area (Å²) in [5, 5.41) is 16.8. The maximum absolute atomic E-state index is 13.9. The van der Waals surface area contributed by atoms with E-state index in [2.05, 4.69) is 57.8 Å². The molecule has 2 N–H and O–H groups in total. The van der Waals surface area contributed by atoms with Gasteiger partial charge in [0.05, 0.1) is 17.0 Å². The first kappa shape index (κ1) is 27.6. The summed E-state index contributed by atoms with van der Waals surface area (Å²) in [4.78, 5) is 13.9. The molecular formula is C36H27BrN2O2S. The van der Waals surface area contributed by atoms with Crippen molar-refractivity contribution in [2.75, 3.05) is 5.43 Å². The monoisotopic (exact) mass is 630 g/mol. The number of anilines is 1. The third kappa shape index (κ3) is 6.05. The molecule has 42 heavy (non-hydrogen) atoms. The van der Waals surface area contributed by atoms with Crippen LogP contribution in [0.3, 0.4) is 0 Å². The van der Waals surface area contributed by atoms with E-state index in [0.29, 0.717) is 17.4 Å². The van der Waals surface area contributed by atoms with Crippen molar-refractivity contribution >= 4 is 48.8 Å². The van der Waals surface area contributed by atoms with Crippen LogP contribution < -0.4 is 10.9 Å². The standard InChI is InChI=1S/C36H27BrN2O2S/c37-28-21-19-25(20-22-28)24-15-17-27(18-16-24)32(39-38-29-11-5-2-6-12-29)23-31(26-9-3-1-4-10-26)34-35(40)30-13-7-8-14-33(30)42-36(34)41/h1-22,31,38,41H,23H2/t31-/m1/s1. The van der Waals surface area contributed by atoms with Crippen molar-refractivity contribution in [2.24, 2.45) is 5.10 Å². The fraction of sp³-hybridized carbons (Fsp3) is 0.0556. The van der Waals surface area contributed by atoms with Gasteiger partial charge in [0, 0.05) is 26.9 Å². The molecule has 0 fully saturated rings. The van der Waals surface area contributed by atoms with E-state index in [0.717, 1.165) is 42.8 Å². The summed E-state index contributed by atoms with van der Waals surface area (Å²) in [6.45, 7) is 0. The van der Waals surface area contributed by atoms with Gasteiger partial charge in [-0.15, -0.1) is 0 Å². The van der Waals surface area contributed by atoms with Crippen LogP contribution in [0.4, 0.5) is 5.69 Å². The van der Waals surface area contributed by atoms with Gasteiger partial charge in [-0.05, 0) is 58.7 Å². The van der Waals surface area contributed by atoms with Crippen molar-refractivity contribution in [2.45, 2.75) is 12.3 Å². The molecular weight excluding hydrogens is 604 g/mol. The fourth-order valence-corrected chi connectivity index (χ4v) is 6.32. The van der Waals surface area contributed by atoms with E-state index in [1.165, 1.54) is 11.3 Å². The summed E-state index contributed by atoms with van der Waals surface area (Å²) >= 11 is 4.74. The third-order valence-electron chi connectivity index (χ3n) is 7.25. The summed E-state index contributed by atoms with van der Waals surface area (Å²) in [5.41, 5.74) is 9.15. The number of aromatic hydroxyl groups is 1. The Labute approximate surface area is 256 Å². The van der Waals surface area contributed by atoms with Gasteiger partial charge in [0.15, 0.2) is 10.5 Å². The average Bonchev–Trinajstić information content (AvgIpc) is 3.03. The molecule has 1 heterocycles. The van der Waals surface area contributed by atoms with Crippen molar-refractivity contribution in [3.05, 3.63) is 165 Å². The Morgan fingerprint density at radius 2 is 1.36 bits per heavy atom. The van der Waals surface area contributed by atoms with Gasteiger partial charge in [-0.25, -0.2) is 0 Å². The number of hydrogen-bond acceptors (Lipinski definition) is 5. The lowest BCUT2D eigenvalue weighted by Gasteiger charge is -2.20. The molecule has 0 saturated heterocycles. The zero-order valence-electron chi connectivity index (χ0n) is 22.6. The molecule has 206 valence electrons. The van der Waals surface area contributed by atoms with E-state index >= 15 is 0 Å². The van der Waals surface area contributed by atoms with Gasteiger partial charge in [0.1, 0.15) is 0 Å². The highest BCUT2D eigenvalue weighted by Crippen LogP contribution is 2.38. The Kier molecular flexibility index (Phi) is 8.26. The molecule has 0 radical (unpaired) electrons. The quantitative estimate of drug-likeness (QED) is 0.130. The Hall–Kier alpha value is -4.52. The smallest absolute Gasteiger partial charge is 0.195 e. The minimum atomic E-state index is -0.415. The molecule has 4 nitrogen and oxygen atoms in total. The number of halogens is 1. The van der Waals surface area contributed by atoms with Crippen LogP contribution in [0.2, 0.25) is 0 Å². The van der Waals surface area contributed by atoms with Gasteiger partial charge < -0.3 is 5.11 Å². The number of nitrogens with one attached hydrogen (secondary N) is 1. The van der Waals surface area contributed by atoms with Crippen LogP contribution in [-0.4, -0.2) is 10.8 Å². The van der Waals surface area contributed by atoms with E-state index in [-0.39, 0.29) is 10.5 Å². The number of hydrogen-bond donors (Lipinski definition) is 2. The van der Waals surface area contributed by atoms with Gasteiger partial charge in [0.25, 0.3) is 0 Å². The predicted octanol–water partition coefficient (Wildman–Crippen LogP) is 9.43. The number of benzene rings is 5. The van der Waals surface area contributed by atoms with Crippen LogP contribution in [0.15, 0.2) is 148 Å². The molecule has 1 atom stereocenters. The van der Waals surface area contributed by atoms with Crippen LogP contribution in [0, 0.1) is 0 Å². The minimum absolute atomic E-state index is 0.0357. The second-order valence-corrected chi connectivity index (χ2v) is 11.9. The Morgan fingerprint density at radius 1 is 0.762 bits per heavy atom. The Morgan fingerprint density at radius 3 is 2.05 bits per heavy atom. The maximum Gasteiger partial charge on any atom is 0.195 e. The summed E-state index contributed by atoms with van der Waals surface area (Å²) in [5.74, 6) is -0.415. The zero-order valence-corrected chi connectivity index (χ0v) is 25.0. The Balaban J connectivity index is 1.45. The van der Waals surface area contributed by atoms with Crippen molar-refractivity contribution in [3.63, 3.8) is 0 Å². The topological polar surface area (TPSA) is 61.7 Å². The van der Waals surface area contributed by atoms with Crippen LogP contribution >= 0.6 is 27.3 Å². The molecule has 6 rings (SSSR count). The lowest BCUT2D eigenvalue weighted by molar-refractivity contribution is 0.480. The first-order chi connectivity index (χ1) is 20.6. The number of rotatable bonds is 8. The zero-order chi connectivity index (χ0) is 28.9. The van der Waals surface area contributed by atoms with Gasteiger partial charge in [0.2, 0.25) is 0 Å². The predicted molar refractivity (Wildman–Crippen MR) is 179 cm³/mol. The molecule has 6 heteroatoms. The average molecular weight is 632 g/mol. The summed E-state index contributed by atoms with van der Waals surface area (Å²) in [6, 6.07) is 43.6. The van der Waals surface area contributed by atoms with E-state index in [4.69, 9.17) is 5.10 Å². The van der Waals surface area contributed by atoms with Gasteiger partial charge in [-0.2, -0.15) is 5.10 Å². The number of nitrogens with zero attached hydrogens (tertiary/aromatic N) is 1. The molecule has 0 unspecified atom stereocenters. The summed E-state index contributed by atoms with van der Waals surface area (Å²) in [7, 11) is 0. The lowest BCUT2D eigenvalue weighted by atomic mass is 9.85. The number of para-hydroxylation sites is 1.